The Morgan fingerprint density at radius 3 is 2.37 bits per heavy atom. The topological polar surface area (TPSA) is 20.2 Å². The summed E-state index contributed by atoms with van der Waals surface area (Å²) in [5.41, 5.74) is -0.750. The van der Waals surface area contributed by atoms with Crippen molar-refractivity contribution in [2.45, 2.75) is 18.9 Å². The van der Waals surface area contributed by atoms with Crippen LogP contribution in [0.4, 0.5) is 8.78 Å². The van der Waals surface area contributed by atoms with Crippen LogP contribution in [0.3, 0.4) is 0 Å². The van der Waals surface area contributed by atoms with Gasteiger partial charge in [0.15, 0.2) is 11.6 Å². The second-order valence-electron chi connectivity index (χ2n) is 4.68. The first-order chi connectivity index (χ1) is 8.90. The van der Waals surface area contributed by atoms with Crippen LogP contribution < -0.4 is 0 Å². The molecule has 0 aromatic heterocycles. The highest BCUT2D eigenvalue weighted by molar-refractivity contribution is 6.30. The first kappa shape index (κ1) is 14.0. The maximum atomic E-state index is 13.7. The molecule has 1 atom stereocenters. The van der Waals surface area contributed by atoms with E-state index in [9.17, 15) is 13.9 Å². The minimum absolute atomic E-state index is 0.0533. The highest BCUT2D eigenvalue weighted by atomic mass is 35.5. The summed E-state index contributed by atoms with van der Waals surface area (Å²) in [6.07, 6.45) is 0.171. The monoisotopic (exact) mass is 282 g/mol. The van der Waals surface area contributed by atoms with Gasteiger partial charge < -0.3 is 5.11 Å². The summed E-state index contributed by atoms with van der Waals surface area (Å²) in [4.78, 5) is 0. The largest absolute Gasteiger partial charge is 0.385 e. The van der Waals surface area contributed by atoms with Crippen LogP contribution in [0.2, 0.25) is 5.02 Å². The van der Waals surface area contributed by atoms with E-state index in [2.05, 4.69) is 0 Å². The Morgan fingerprint density at radius 2 is 1.74 bits per heavy atom. The second-order valence-corrected chi connectivity index (χ2v) is 5.11. The van der Waals surface area contributed by atoms with Crippen LogP contribution in [0.15, 0.2) is 42.5 Å². The van der Waals surface area contributed by atoms with Crippen LogP contribution in [-0.2, 0) is 12.0 Å². The van der Waals surface area contributed by atoms with Crippen LogP contribution in [0.1, 0.15) is 18.1 Å². The Balaban J connectivity index is 2.31. The lowest BCUT2D eigenvalue weighted by Gasteiger charge is -2.24. The molecule has 2 aromatic carbocycles. The van der Waals surface area contributed by atoms with Crippen molar-refractivity contribution in [3.05, 3.63) is 70.2 Å². The minimum atomic E-state index is -1.49. The highest BCUT2D eigenvalue weighted by Gasteiger charge is 2.28. The number of benzene rings is 2. The van der Waals surface area contributed by atoms with Crippen molar-refractivity contribution >= 4 is 11.6 Å². The quantitative estimate of drug-likeness (QED) is 0.900. The van der Waals surface area contributed by atoms with E-state index in [1.165, 1.54) is 19.1 Å². The molecule has 0 fully saturated rings. The maximum Gasteiger partial charge on any atom is 0.164 e. The van der Waals surface area contributed by atoms with E-state index in [0.717, 1.165) is 11.6 Å². The molecule has 1 nitrogen and oxygen atoms in total. The van der Waals surface area contributed by atoms with Gasteiger partial charge in [0.1, 0.15) is 0 Å². The summed E-state index contributed by atoms with van der Waals surface area (Å²) in [6.45, 7) is 1.46. The van der Waals surface area contributed by atoms with Crippen LogP contribution >= 0.6 is 11.6 Å². The zero-order valence-corrected chi connectivity index (χ0v) is 11.1. The summed E-state index contributed by atoms with van der Waals surface area (Å²) in [5, 5.41) is 11.0. The minimum Gasteiger partial charge on any atom is -0.385 e. The van der Waals surface area contributed by atoms with E-state index >= 15 is 0 Å². The fourth-order valence-corrected chi connectivity index (χ4v) is 2.14. The van der Waals surface area contributed by atoms with Gasteiger partial charge in [0.2, 0.25) is 0 Å². The van der Waals surface area contributed by atoms with Gasteiger partial charge in [-0.3, -0.25) is 0 Å². The highest BCUT2D eigenvalue weighted by Crippen LogP contribution is 2.28. The molecule has 0 bridgehead atoms. The maximum absolute atomic E-state index is 13.7. The van der Waals surface area contributed by atoms with E-state index < -0.39 is 17.2 Å². The Morgan fingerprint density at radius 1 is 1.11 bits per heavy atom. The van der Waals surface area contributed by atoms with Gasteiger partial charge in [-0.2, -0.15) is 0 Å². The molecular formula is C15H13ClF2O. The van der Waals surface area contributed by atoms with Gasteiger partial charge in [0, 0.05) is 17.0 Å². The molecule has 1 N–H and O–H groups in total. The van der Waals surface area contributed by atoms with Crippen LogP contribution in [0, 0.1) is 11.6 Å². The molecule has 0 spiro atoms. The fraction of sp³-hybridized carbons (Fsp3) is 0.200. The van der Waals surface area contributed by atoms with Crippen molar-refractivity contribution in [2.75, 3.05) is 0 Å². The lowest BCUT2D eigenvalue weighted by Crippen LogP contribution is -2.26. The molecule has 0 aliphatic carbocycles. The van der Waals surface area contributed by atoms with E-state index in [-0.39, 0.29) is 12.0 Å². The number of hydrogen-bond donors (Lipinski definition) is 1. The van der Waals surface area contributed by atoms with Crippen molar-refractivity contribution < 1.29 is 13.9 Å². The lowest BCUT2D eigenvalue weighted by atomic mass is 9.88. The van der Waals surface area contributed by atoms with Gasteiger partial charge in [0.25, 0.3) is 0 Å². The molecule has 0 radical (unpaired) electrons. The molecule has 1 unspecified atom stereocenters. The first-order valence-corrected chi connectivity index (χ1v) is 6.19. The molecule has 0 saturated carbocycles. The van der Waals surface area contributed by atoms with Crippen LogP contribution in [0.25, 0.3) is 0 Å². The summed E-state index contributed by atoms with van der Waals surface area (Å²) < 4.78 is 26.9. The number of hydrogen-bond acceptors (Lipinski definition) is 1. The molecule has 4 heteroatoms. The van der Waals surface area contributed by atoms with Crippen molar-refractivity contribution in [2.24, 2.45) is 0 Å². The summed E-state index contributed by atoms with van der Waals surface area (Å²) in [6, 6.07) is 10.7. The fourth-order valence-electron chi connectivity index (χ4n) is 2.01. The summed E-state index contributed by atoms with van der Waals surface area (Å²) in [5.74, 6) is -1.98. The average Bonchev–Trinajstić information content (AvgIpc) is 2.35. The third-order valence-corrected chi connectivity index (χ3v) is 3.25. The van der Waals surface area contributed by atoms with Crippen molar-refractivity contribution in [1.82, 2.24) is 0 Å². The van der Waals surface area contributed by atoms with Gasteiger partial charge >= 0.3 is 0 Å². The lowest BCUT2D eigenvalue weighted by molar-refractivity contribution is 0.0530. The van der Waals surface area contributed by atoms with E-state index in [0.29, 0.717) is 5.02 Å². The normalized spacial score (nSPS) is 14.2. The summed E-state index contributed by atoms with van der Waals surface area (Å²) >= 11 is 5.77. The Labute approximate surface area is 115 Å². The molecule has 2 aromatic rings. The van der Waals surface area contributed by atoms with Crippen molar-refractivity contribution in [3.63, 3.8) is 0 Å². The smallest absolute Gasteiger partial charge is 0.164 e. The molecule has 100 valence electrons. The van der Waals surface area contributed by atoms with Gasteiger partial charge in [-0.05, 0) is 30.7 Å². The van der Waals surface area contributed by atoms with Crippen LogP contribution in [0.5, 0.6) is 0 Å². The molecule has 2 rings (SSSR count). The molecular weight excluding hydrogens is 270 g/mol. The number of rotatable bonds is 3. The predicted molar refractivity (Wildman–Crippen MR) is 71.1 cm³/mol. The van der Waals surface area contributed by atoms with Crippen LogP contribution in [-0.4, -0.2) is 5.11 Å². The molecule has 0 saturated heterocycles. The SMILES string of the molecule is CC(O)(Cc1ccc(Cl)cc1)c1cccc(F)c1F. The van der Waals surface area contributed by atoms with Crippen molar-refractivity contribution in [1.29, 1.82) is 0 Å². The van der Waals surface area contributed by atoms with E-state index in [1.807, 2.05) is 0 Å². The van der Waals surface area contributed by atoms with Crippen molar-refractivity contribution in [3.8, 4) is 0 Å². The Hall–Kier alpha value is -1.45. The van der Waals surface area contributed by atoms with Gasteiger partial charge in [-0.1, -0.05) is 35.9 Å². The second kappa shape index (κ2) is 5.27. The number of halogens is 3. The standard InChI is InChI=1S/C15H13ClF2O/c1-15(19,9-10-5-7-11(16)8-6-10)12-3-2-4-13(17)14(12)18/h2-8,19H,9H2,1H3. The molecule has 19 heavy (non-hydrogen) atoms. The Bertz CT molecular complexity index is 579. The third kappa shape index (κ3) is 3.11. The molecule has 0 heterocycles. The molecule has 0 aliphatic heterocycles. The zero-order valence-electron chi connectivity index (χ0n) is 10.3. The summed E-state index contributed by atoms with van der Waals surface area (Å²) in [7, 11) is 0. The molecule has 0 amide bonds. The average molecular weight is 283 g/mol. The Kier molecular flexibility index (Phi) is 3.88. The van der Waals surface area contributed by atoms with Gasteiger partial charge in [-0.15, -0.1) is 0 Å². The van der Waals surface area contributed by atoms with E-state index in [1.54, 1.807) is 24.3 Å². The van der Waals surface area contributed by atoms with Gasteiger partial charge in [0.05, 0.1) is 5.60 Å². The number of aliphatic hydroxyl groups is 1. The molecule has 0 aliphatic rings. The predicted octanol–water partition coefficient (Wildman–Crippen LogP) is 4.07. The van der Waals surface area contributed by atoms with Gasteiger partial charge in [-0.25, -0.2) is 8.78 Å². The first-order valence-electron chi connectivity index (χ1n) is 5.81. The zero-order chi connectivity index (χ0) is 14.0. The van der Waals surface area contributed by atoms with E-state index in [4.69, 9.17) is 11.6 Å². The third-order valence-electron chi connectivity index (χ3n) is 2.99.